The number of aliphatic hydroxyl groups excluding tert-OH is 1. The van der Waals surface area contributed by atoms with Gasteiger partial charge in [-0.1, -0.05) is 20.8 Å². The highest BCUT2D eigenvalue weighted by Crippen LogP contribution is 2.45. The van der Waals surface area contributed by atoms with Crippen LogP contribution in [0.2, 0.25) is 0 Å². The van der Waals surface area contributed by atoms with Crippen molar-refractivity contribution in [1.82, 2.24) is 0 Å². The summed E-state index contributed by atoms with van der Waals surface area (Å²) in [5.41, 5.74) is 0.317. The topological polar surface area (TPSA) is 32.8 Å². The van der Waals surface area contributed by atoms with Crippen molar-refractivity contribution in [3.8, 4) is 0 Å². The van der Waals surface area contributed by atoms with Crippen molar-refractivity contribution in [3.63, 3.8) is 0 Å². The van der Waals surface area contributed by atoms with E-state index in [4.69, 9.17) is 4.74 Å². The van der Waals surface area contributed by atoms with Crippen LogP contribution in [0.5, 0.6) is 0 Å². The Hall–Kier alpha value is -0.0800. The molecule has 70 valence electrons. The first-order valence-corrected chi connectivity index (χ1v) is 4.82. The monoisotopic (exact) mass is 170 g/mol. The molecule has 1 saturated carbocycles. The molecule has 12 heavy (non-hydrogen) atoms. The molecule has 0 aromatic heterocycles. The van der Waals surface area contributed by atoms with Crippen LogP contribution in [0.4, 0.5) is 0 Å². The van der Waals surface area contributed by atoms with Gasteiger partial charge in [0, 0.05) is 0 Å². The maximum atomic E-state index is 9.63. The second kappa shape index (κ2) is 2.46. The van der Waals surface area contributed by atoms with Gasteiger partial charge < -0.3 is 9.84 Å². The largest absolute Gasteiger partial charge is 0.390 e. The molecule has 2 heteroatoms. The lowest BCUT2D eigenvalue weighted by Gasteiger charge is -2.34. The average molecular weight is 170 g/mol. The molecule has 4 atom stereocenters. The van der Waals surface area contributed by atoms with Gasteiger partial charge in [0.05, 0.1) is 12.2 Å². The van der Waals surface area contributed by atoms with Crippen molar-refractivity contribution >= 4 is 0 Å². The number of rotatable bonds is 0. The SMILES string of the molecule is CC(C)(C)[C@@H]1C[C@@H](O)[C@H]2O[C@H]2C1. The Labute approximate surface area is 73.9 Å². The van der Waals surface area contributed by atoms with Gasteiger partial charge in [-0.15, -0.1) is 0 Å². The highest BCUT2D eigenvalue weighted by atomic mass is 16.6. The molecule has 0 aromatic rings. The molecule has 0 amide bonds. The third-order valence-electron chi connectivity index (χ3n) is 3.27. The van der Waals surface area contributed by atoms with Crippen molar-refractivity contribution in [3.05, 3.63) is 0 Å². The minimum absolute atomic E-state index is 0.184. The van der Waals surface area contributed by atoms with Crippen LogP contribution in [-0.2, 0) is 4.74 Å². The second-order valence-corrected chi connectivity index (χ2v) is 5.24. The first kappa shape index (κ1) is 8.52. The molecule has 0 aromatic carbocycles. The van der Waals surface area contributed by atoms with Crippen LogP contribution >= 0.6 is 0 Å². The summed E-state index contributed by atoms with van der Waals surface area (Å²) in [7, 11) is 0. The van der Waals surface area contributed by atoms with Gasteiger partial charge >= 0.3 is 0 Å². The quantitative estimate of drug-likeness (QED) is 0.560. The van der Waals surface area contributed by atoms with Gasteiger partial charge in [0.15, 0.2) is 0 Å². The van der Waals surface area contributed by atoms with Crippen LogP contribution < -0.4 is 0 Å². The van der Waals surface area contributed by atoms with E-state index < -0.39 is 0 Å². The normalized spacial score (nSPS) is 47.0. The predicted molar refractivity (Wildman–Crippen MR) is 46.8 cm³/mol. The number of hydrogen-bond acceptors (Lipinski definition) is 2. The Morgan fingerprint density at radius 1 is 1.25 bits per heavy atom. The van der Waals surface area contributed by atoms with Gasteiger partial charge in [0.1, 0.15) is 6.10 Å². The maximum Gasteiger partial charge on any atom is 0.110 e. The molecule has 1 N–H and O–H groups in total. The highest BCUT2D eigenvalue weighted by Gasteiger charge is 2.51. The van der Waals surface area contributed by atoms with E-state index >= 15 is 0 Å². The molecule has 1 aliphatic carbocycles. The van der Waals surface area contributed by atoms with Gasteiger partial charge in [-0.05, 0) is 24.2 Å². The smallest absolute Gasteiger partial charge is 0.110 e. The number of ether oxygens (including phenoxy) is 1. The lowest BCUT2D eigenvalue weighted by Crippen LogP contribution is -2.34. The van der Waals surface area contributed by atoms with E-state index in [9.17, 15) is 5.11 Å². The van der Waals surface area contributed by atoms with Gasteiger partial charge in [-0.25, -0.2) is 0 Å². The average Bonchev–Trinajstić information content (AvgIpc) is 2.63. The predicted octanol–water partition coefficient (Wildman–Crippen LogP) is 1.57. The fraction of sp³-hybridized carbons (Fsp3) is 1.00. The molecule has 2 fully saturated rings. The number of epoxide rings is 1. The standard InChI is InChI=1S/C10H18O2/c1-10(2,3)6-4-7(11)9-8(5-6)12-9/h6-9,11H,4-5H2,1-3H3/t6-,7-,8+,9-/m1/s1. The van der Waals surface area contributed by atoms with Gasteiger partial charge in [0.25, 0.3) is 0 Å². The summed E-state index contributed by atoms with van der Waals surface area (Å²) >= 11 is 0. The summed E-state index contributed by atoms with van der Waals surface area (Å²) < 4.78 is 5.37. The minimum atomic E-state index is -0.201. The lowest BCUT2D eigenvalue weighted by molar-refractivity contribution is 0.0707. The van der Waals surface area contributed by atoms with E-state index in [-0.39, 0.29) is 12.2 Å². The van der Waals surface area contributed by atoms with E-state index in [1.807, 2.05) is 0 Å². The third-order valence-corrected chi connectivity index (χ3v) is 3.27. The lowest BCUT2D eigenvalue weighted by atomic mass is 9.72. The Morgan fingerprint density at radius 2 is 1.92 bits per heavy atom. The van der Waals surface area contributed by atoms with Gasteiger partial charge in [0.2, 0.25) is 0 Å². The molecule has 2 rings (SSSR count). The summed E-state index contributed by atoms with van der Waals surface area (Å²) in [4.78, 5) is 0. The van der Waals surface area contributed by atoms with Crippen LogP contribution in [0.3, 0.4) is 0 Å². The summed E-state index contributed by atoms with van der Waals surface area (Å²) in [6.45, 7) is 6.73. The van der Waals surface area contributed by atoms with Crippen LogP contribution in [0, 0.1) is 11.3 Å². The fourth-order valence-corrected chi connectivity index (χ4v) is 2.19. The van der Waals surface area contributed by atoms with Crippen molar-refractivity contribution in [1.29, 1.82) is 0 Å². The zero-order valence-corrected chi connectivity index (χ0v) is 8.08. The van der Waals surface area contributed by atoms with E-state index in [1.54, 1.807) is 0 Å². The Bertz CT molecular complexity index is 183. The number of aliphatic hydroxyl groups is 1. The maximum absolute atomic E-state index is 9.63. The molecule has 2 nitrogen and oxygen atoms in total. The van der Waals surface area contributed by atoms with Gasteiger partial charge in [-0.3, -0.25) is 0 Å². The molecule has 1 heterocycles. The Balaban J connectivity index is 2.01. The third kappa shape index (κ3) is 1.38. The van der Waals surface area contributed by atoms with Crippen molar-refractivity contribution < 1.29 is 9.84 Å². The van der Waals surface area contributed by atoms with Crippen molar-refractivity contribution in [2.24, 2.45) is 11.3 Å². The zero-order chi connectivity index (χ0) is 8.93. The Morgan fingerprint density at radius 3 is 2.42 bits per heavy atom. The van der Waals surface area contributed by atoms with E-state index in [0.717, 1.165) is 12.8 Å². The number of hydrogen-bond donors (Lipinski definition) is 1. The fourth-order valence-electron chi connectivity index (χ4n) is 2.19. The van der Waals surface area contributed by atoms with Crippen LogP contribution in [0.25, 0.3) is 0 Å². The van der Waals surface area contributed by atoms with Crippen LogP contribution in [-0.4, -0.2) is 23.4 Å². The summed E-state index contributed by atoms with van der Waals surface area (Å²) in [6.07, 6.45) is 2.42. The van der Waals surface area contributed by atoms with E-state index in [0.29, 0.717) is 17.4 Å². The van der Waals surface area contributed by atoms with E-state index in [1.165, 1.54) is 0 Å². The Kier molecular flexibility index (Phi) is 1.74. The molecule has 0 unspecified atom stereocenters. The minimum Gasteiger partial charge on any atom is -0.390 e. The summed E-state index contributed by atoms with van der Waals surface area (Å²) in [5, 5.41) is 9.63. The van der Waals surface area contributed by atoms with Crippen molar-refractivity contribution in [2.45, 2.75) is 51.9 Å². The molecule has 0 spiro atoms. The second-order valence-electron chi connectivity index (χ2n) is 5.24. The zero-order valence-electron chi connectivity index (χ0n) is 8.08. The first-order chi connectivity index (χ1) is 5.48. The van der Waals surface area contributed by atoms with Crippen LogP contribution in [0.1, 0.15) is 33.6 Å². The summed E-state index contributed by atoms with van der Waals surface area (Å²) in [6, 6.07) is 0. The molecule has 1 saturated heterocycles. The molecule has 1 aliphatic heterocycles. The number of fused-ring (bicyclic) bond motifs is 1. The first-order valence-electron chi connectivity index (χ1n) is 4.82. The van der Waals surface area contributed by atoms with Crippen LogP contribution in [0.15, 0.2) is 0 Å². The van der Waals surface area contributed by atoms with Gasteiger partial charge in [-0.2, -0.15) is 0 Å². The highest BCUT2D eigenvalue weighted by molar-refractivity contribution is 4.99. The molecule has 0 radical (unpaired) electrons. The molecule has 0 bridgehead atoms. The van der Waals surface area contributed by atoms with Crippen molar-refractivity contribution in [2.75, 3.05) is 0 Å². The molecular formula is C10H18O2. The molecule has 2 aliphatic rings. The summed E-state index contributed by atoms with van der Waals surface area (Å²) in [5.74, 6) is 0.622. The molecular weight excluding hydrogens is 152 g/mol. The van der Waals surface area contributed by atoms with E-state index in [2.05, 4.69) is 20.8 Å².